The van der Waals surface area contributed by atoms with Gasteiger partial charge in [-0.25, -0.2) is 0 Å². The molecule has 8 heteroatoms. The lowest BCUT2D eigenvalue weighted by Gasteiger charge is -2.05. The molecule has 2 aromatic heterocycles. The van der Waals surface area contributed by atoms with Gasteiger partial charge in [0.1, 0.15) is 4.88 Å². The minimum atomic E-state index is -4.44. The van der Waals surface area contributed by atoms with Crippen LogP contribution in [0.1, 0.15) is 20.8 Å². The first-order valence-corrected chi connectivity index (χ1v) is 8.02. The summed E-state index contributed by atoms with van der Waals surface area (Å²) in [6.45, 7) is 0.278. The van der Waals surface area contributed by atoms with Gasteiger partial charge >= 0.3 is 6.18 Å². The van der Waals surface area contributed by atoms with E-state index in [9.17, 15) is 18.0 Å². The van der Waals surface area contributed by atoms with E-state index >= 15 is 0 Å². The molecule has 0 radical (unpaired) electrons. The quantitative estimate of drug-likeness (QED) is 0.712. The molecule has 24 heavy (non-hydrogen) atoms. The Bertz CT molecular complexity index is 893. The average Bonchev–Trinajstić information content (AvgIpc) is 2.89. The first-order valence-electron chi connectivity index (χ1n) is 6.82. The van der Waals surface area contributed by atoms with E-state index in [1.165, 1.54) is 6.07 Å². The summed E-state index contributed by atoms with van der Waals surface area (Å²) < 4.78 is 38.7. The number of fused-ring (bicyclic) bond motifs is 1. The van der Waals surface area contributed by atoms with Crippen LogP contribution in [-0.4, -0.2) is 10.9 Å². The number of hydrogen-bond donors (Lipinski definition) is 1. The number of rotatable bonds is 3. The smallest absolute Gasteiger partial charge is 0.347 e. The Labute approximate surface area is 144 Å². The lowest BCUT2D eigenvalue weighted by molar-refractivity contribution is -0.137. The van der Waals surface area contributed by atoms with Crippen LogP contribution in [0.15, 0.2) is 42.7 Å². The zero-order valence-electron chi connectivity index (χ0n) is 12.0. The highest BCUT2D eigenvalue weighted by Gasteiger charge is 2.31. The maximum Gasteiger partial charge on any atom is 0.416 e. The maximum absolute atomic E-state index is 12.8. The van der Waals surface area contributed by atoms with Gasteiger partial charge in [0.15, 0.2) is 0 Å². The molecule has 0 saturated heterocycles. The minimum absolute atomic E-state index is 0.163. The van der Waals surface area contributed by atoms with Gasteiger partial charge in [0, 0.05) is 29.0 Å². The summed E-state index contributed by atoms with van der Waals surface area (Å²) in [6, 6.07) is 6.76. The number of benzene rings is 1. The Hall–Kier alpha value is -2.12. The van der Waals surface area contributed by atoms with Crippen molar-refractivity contribution in [3.63, 3.8) is 0 Å². The highest BCUT2D eigenvalue weighted by Crippen LogP contribution is 2.39. The van der Waals surface area contributed by atoms with E-state index < -0.39 is 17.6 Å². The molecule has 3 rings (SSSR count). The summed E-state index contributed by atoms with van der Waals surface area (Å²) in [5.74, 6) is -0.424. The number of alkyl halides is 3. The van der Waals surface area contributed by atoms with E-state index in [2.05, 4.69) is 10.3 Å². The summed E-state index contributed by atoms with van der Waals surface area (Å²) in [5, 5.41) is 3.30. The van der Waals surface area contributed by atoms with E-state index in [1.54, 1.807) is 24.5 Å². The molecule has 3 nitrogen and oxygen atoms in total. The molecule has 0 saturated carbocycles. The van der Waals surface area contributed by atoms with Crippen LogP contribution in [0.4, 0.5) is 13.2 Å². The molecule has 0 fully saturated rings. The van der Waals surface area contributed by atoms with Gasteiger partial charge in [-0.1, -0.05) is 17.7 Å². The second kappa shape index (κ2) is 6.41. The molecular weight excluding hydrogens is 361 g/mol. The van der Waals surface area contributed by atoms with Gasteiger partial charge in [0.25, 0.3) is 5.91 Å². The van der Waals surface area contributed by atoms with Crippen LogP contribution in [0, 0.1) is 0 Å². The Balaban J connectivity index is 1.86. The zero-order chi connectivity index (χ0) is 17.3. The molecule has 2 heterocycles. The van der Waals surface area contributed by atoms with Crippen LogP contribution < -0.4 is 5.32 Å². The molecule has 1 aromatic carbocycles. The van der Waals surface area contributed by atoms with Crippen molar-refractivity contribution in [2.45, 2.75) is 12.7 Å². The first-order chi connectivity index (χ1) is 11.4. The van der Waals surface area contributed by atoms with E-state index in [1.807, 2.05) is 0 Å². The largest absolute Gasteiger partial charge is 0.416 e. The van der Waals surface area contributed by atoms with Crippen LogP contribution in [0.3, 0.4) is 0 Å². The molecule has 0 unspecified atom stereocenters. The fourth-order valence-corrected chi connectivity index (χ4v) is 3.62. The number of pyridine rings is 1. The summed E-state index contributed by atoms with van der Waals surface area (Å²) >= 11 is 7.10. The van der Waals surface area contributed by atoms with Crippen LogP contribution in [-0.2, 0) is 12.7 Å². The van der Waals surface area contributed by atoms with Gasteiger partial charge in [-0.2, -0.15) is 13.2 Å². The van der Waals surface area contributed by atoms with E-state index in [0.29, 0.717) is 10.1 Å². The van der Waals surface area contributed by atoms with Gasteiger partial charge in [0.05, 0.1) is 10.6 Å². The molecule has 0 aliphatic rings. The van der Waals surface area contributed by atoms with Crippen LogP contribution in [0.25, 0.3) is 10.1 Å². The normalized spacial score (nSPS) is 11.7. The number of halogens is 4. The Kier molecular flexibility index (Phi) is 4.47. The Morgan fingerprint density at radius 3 is 2.58 bits per heavy atom. The number of thiophene rings is 1. The number of aromatic nitrogens is 1. The van der Waals surface area contributed by atoms with Gasteiger partial charge in [-0.05, 0) is 29.8 Å². The third kappa shape index (κ3) is 3.37. The number of nitrogens with one attached hydrogen (secondary N) is 1. The molecule has 3 aromatic rings. The van der Waals surface area contributed by atoms with Crippen LogP contribution in [0.5, 0.6) is 0 Å². The topological polar surface area (TPSA) is 42.0 Å². The van der Waals surface area contributed by atoms with Gasteiger partial charge in [-0.15, -0.1) is 11.3 Å². The number of nitrogens with zero attached hydrogens (tertiary/aromatic N) is 1. The molecule has 0 spiro atoms. The highest BCUT2D eigenvalue weighted by molar-refractivity contribution is 7.21. The van der Waals surface area contributed by atoms with Crippen molar-refractivity contribution in [2.24, 2.45) is 0 Å². The summed E-state index contributed by atoms with van der Waals surface area (Å²) in [5.41, 5.74) is 0.0894. The highest BCUT2D eigenvalue weighted by atomic mass is 35.5. The lowest BCUT2D eigenvalue weighted by Crippen LogP contribution is -2.22. The second-order valence-electron chi connectivity index (χ2n) is 4.99. The monoisotopic (exact) mass is 370 g/mol. The molecule has 0 atom stereocenters. The van der Waals surface area contributed by atoms with Crippen molar-refractivity contribution in [3.8, 4) is 0 Å². The fraction of sp³-hybridized carbons (Fsp3) is 0.125. The molecule has 1 amide bonds. The molecule has 0 aliphatic heterocycles. The number of carbonyl (C=O) groups excluding carboxylic acids is 1. The SMILES string of the molecule is O=C(NCc1ccncc1)c1sc2cc(C(F)(F)F)ccc2c1Cl. The minimum Gasteiger partial charge on any atom is -0.347 e. The third-order valence-corrected chi connectivity index (χ3v) is 5.02. The van der Waals surface area contributed by atoms with E-state index in [-0.39, 0.29) is 16.4 Å². The van der Waals surface area contributed by atoms with E-state index in [4.69, 9.17) is 11.6 Å². The van der Waals surface area contributed by atoms with Crippen LogP contribution >= 0.6 is 22.9 Å². The van der Waals surface area contributed by atoms with Crippen molar-refractivity contribution in [3.05, 3.63) is 63.8 Å². The predicted octanol–water partition coefficient (Wildman–Crippen LogP) is 4.90. The number of carbonyl (C=O) groups is 1. The molecule has 124 valence electrons. The third-order valence-electron chi connectivity index (χ3n) is 3.37. The zero-order valence-corrected chi connectivity index (χ0v) is 13.6. The van der Waals surface area contributed by atoms with Crippen LogP contribution in [0.2, 0.25) is 5.02 Å². The lowest BCUT2D eigenvalue weighted by atomic mass is 10.1. The molecule has 1 N–H and O–H groups in total. The maximum atomic E-state index is 12.8. The molecular formula is C16H10ClF3N2OS. The first kappa shape index (κ1) is 16.7. The standard InChI is InChI=1S/C16H10ClF3N2OS/c17-13-11-2-1-10(16(18,19)20)7-12(11)24-14(13)15(23)22-8-9-3-5-21-6-4-9/h1-7H,8H2,(H,22,23). The van der Waals surface area contributed by atoms with Crippen molar-refractivity contribution in [1.82, 2.24) is 10.3 Å². The summed E-state index contributed by atoms with van der Waals surface area (Å²) in [6.07, 6.45) is -1.23. The summed E-state index contributed by atoms with van der Waals surface area (Å²) in [4.78, 5) is 16.3. The van der Waals surface area contributed by atoms with Crippen molar-refractivity contribution in [1.29, 1.82) is 0 Å². The summed E-state index contributed by atoms with van der Waals surface area (Å²) in [7, 11) is 0. The van der Waals surface area contributed by atoms with E-state index in [0.717, 1.165) is 29.0 Å². The van der Waals surface area contributed by atoms with Gasteiger partial charge in [-0.3, -0.25) is 9.78 Å². The number of amides is 1. The fourth-order valence-electron chi connectivity index (χ4n) is 2.15. The number of hydrogen-bond acceptors (Lipinski definition) is 3. The van der Waals surface area contributed by atoms with Gasteiger partial charge < -0.3 is 5.32 Å². The molecule has 0 bridgehead atoms. The molecule has 0 aliphatic carbocycles. The Morgan fingerprint density at radius 2 is 1.92 bits per heavy atom. The average molecular weight is 371 g/mol. The van der Waals surface area contributed by atoms with Crippen molar-refractivity contribution >= 4 is 38.9 Å². The second-order valence-corrected chi connectivity index (χ2v) is 6.42. The predicted molar refractivity (Wildman–Crippen MR) is 87.2 cm³/mol. The van der Waals surface area contributed by atoms with Crippen molar-refractivity contribution in [2.75, 3.05) is 0 Å². The Morgan fingerprint density at radius 1 is 1.21 bits per heavy atom. The van der Waals surface area contributed by atoms with Crippen molar-refractivity contribution < 1.29 is 18.0 Å². The van der Waals surface area contributed by atoms with Gasteiger partial charge in [0.2, 0.25) is 0 Å².